The molecule has 0 radical (unpaired) electrons. The van der Waals surface area contributed by atoms with Crippen LogP contribution in [-0.2, 0) is 11.3 Å². The number of rotatable bonds is 4. The quantitative estimate of drug-likeness (QED) is 0.521. The number of urea groups is 1. The van der Waals surface area contributed by atoms with Gasteiger partial charge in [0, 0.05) is 44.0 Å². The molecular formula is C25H25N7O4S. The maximum Gasteiger partial charge on any atom is 0.343 e. The average Bonchev–Trinajstić information content (AvgIpc) is 3.31. The number of carbonyl (C=O) groups is 4. The van der Waals surface area contributed by atoms with Crippen LogP contribution in [0.1, 0.15) is 43.1 Å². The van der Waals surface area contributed by atoms with Crippen molar-refractivity contribution in [2.24, 2.45) is 0 Å². The van der Waals surface area contributed by atoms with E-state index in [1.54, 1.807) is 29.8 Å². The molecule has 3 aliphatic heterocycles. The first-order valence-electron chi connectivity index (χ1n) is 12.1. The molecule has 1 aromatic carbocycles. The molecule has 5 amide bonds. The second-order valence-corrected chi connectivity index (χ2v) is 10.7. The van der Waals surface area contributed by atoms with Gasteiger partial charge in [0.1, 0.15) is 17.0 Å². The Balaban J connectivity index is 1.14. The highest BCUT2D eigenvalue weighted by molar-refractivity contribution is 7.18. The van der Waals surface area contributed by atoms with E-state index in [4.69, 9.17) is 0 Å². The van der Waals surface area contributed by atoms with Crippen molar-refractivity contribution in [3.63, 3.8) is 0 Å². The molecular weight excluding hydrogens is 494 g/mol. The highest BCUT2D eigenvalue weighted by Gasteiger charge is 2.43. The molecule has 3 aromatic rings. The molecule has 2 fully saturated rings. The Morgan fingerprint density at radius 1 is 0.946 bits per heavy atom. The number of benzene rings is 1. The molecule has 0 unspecified atom stereocenters. The number of piperazine rings is 1. The van der Waals surface area contributed by atoms with Gasteiger partial charge in [-0.2, -0.15) is 5.01 Å². The predicted molar refractivity (Wildman–Crippen MR) is 136 cm³/mol. The van der Waals surface area contributed by atoms with Crippen LogP contribution in [0.2, 0.25) is 0 Å². The molecule has 2 saturated heterocycles. The SMILES string of the molecule is Cc1sc2ncnc(N3CCN(Cc4ccc5c(c4)C(=O)N(N4CCC(=O)NC4=O)C5=O)CC3)c2c1C. The summed E-state index contributed by atoms with van der Waals surface area (Å²) >= 11 is 1.70. The van der Waals surface area contributed by atoms with Gasteiger partial charge >= 0.3 is 6.03 Å². The van der Waals surface area contributed by atoms with Crippen LogP contribution in [0.3, 0.4) is 0 Å². The zero-order valence-electron chi connectivity index (χ0n) is 20.5. The lowest BCUT2D eigenvalue weighted by atomic mass is 10.1. The molecule has 0 bridgehead atoms. The van der Waals surface area contributed by atoms with Crippen molar-refractivity contribution in [2.45, 2.75) is 26.8 Å². The summed E-state index contributed by atoms with van der Waals surface area (Å²) < 4.78 is 0. The first kappa shape index (κ1) is 23.5. The van der Waals surface area contributed by atoms with Crippen molar-refractivity contribution in [3.8, 4) is 0 Å². The largest absolute Gasteiger partial charge is 0.353 e. The maximum atomic E-state index is 13.1. The number of carbonyl (C=O) groups excluding carboxylic acids is 4. The summed E-state index contributed by atoms with van der Waals surface area (Å²) in [6.45, 7) is 8.14. The van der Waals surface area contributed by atoms with Crippen molar-refractivity contribution >= 4 is 51.1 Å². The Kier molecular flexibility index (Phi) is 5.64. The number of hydrogen-bond donors (Lipinski definition) is 1. The normalized spacial score (nSPS) is 18.7. The predicted octanol–water partition coefficient (Wildman–Crippen LogP) is 2.08. The van der Waals surface area contributed by atoms with Crippen molar-refractivity contribution in [1.82, 2.24) is 30.2 Å². The standard InChI is InChI=1S/C25H25N7O4S/c1-14-15(2)37-22-20(14)21(26-13-27-22)30-9-7-29(8-10-30)12-16-3-4-17-18(11-16)24(35)32(23(17)34)31-6-5-19(33)28-25(31)36/h3-4,11,13H,5-10,12H2,1-2H3,(H,28,33,36). The monoisotopic (exact) mass is 519 g/mol. The van der Waals surface area contributed by atoms with Crippen LogP contribution in [0.4, 0.5) is 10.6 Å². The van der Waals surface area contributed by atoms with Gasteiger partial charge in [0.05, 0.1) is 23.1 Å². The van der Waals surface area contributed by atoms with E-state index in [9.17, 15) is 19.2 Å². The van der Waals surface area contributed by atoms with Crippen LogP contribution < -0.4 is 10.2 Å². The minimum atomic E-state index is -0.766. The van der Waals surface area contributed by atoms with Gasteiger partial charge in [0.15, 0.2) is 0 Å². The zero-order chi connectivity index (χ0) is 25.8. The minimum Gasteiger partial charge on any atom is -0.353 e. The fourth-order valence-electron chi connectivity index (χ4n) is 5.12. The first-order valence-corrected chi connectivity index (χ1v) is 12.9. The molecule has 6 rings (SSSR count). The topological polar surface area (TPSA) is 119 Å². The summed E-state index contributed by atoms with van der Waals surface area (Å²) in [5.74, 6) is -0.549. The summed E-state index contributed by atoms with van der Waals surface area (Å²) in [4.78, 5) is 65.6. The van der Waals surface area contributed by atoms with Crippen LogP contribution >= 0.6 is 11.3 Å². The number of hydrazine groups is 1. The highest BCUT2D eigenvalue weighted by Crippen LogP contribution is 2.34. The van der Waals surface area contributed by atoms with Gasteiger partial charge < -0.3 is 4.90 Å². The number of nitrogens with one attached hydrogen (secondary N) is 1. The van der Waals surface area contributed by atoms with Crippen LogP contribution in [0.15, 0.2) is 24.5 Å². The fraction of sp³-hybridized carbons (Fsp3) is 0.360. The summed E-state index contributed by atoms with van der Waals surface area (Å²) in [6.07, 6.45) is 1.67. The van der Waals surface area contributed by atoms with Crippen molar-refractivity contribution in [3.05, 3.63) is 51.7 Å². The Labute approximate surface area is 216 Å². The van der Waals surface area contributed by atoms with Crippen LogP contribution in [-0.4, -0.2) is 81.4 Å². The highest BCUT2D eigenvalue weighted by atomic mass is 32.1. The van der Waals surface area contributed by atoms with E-state index < -0.39 is 23.8 Å². The first-order chi connectivity index (χ1) is 17.8. The number of aryl methyl sites for hydroxylation is 2. The van der Waals surface area contributed by atoms with Gasteiger partial charge in [0.25, 0.3) is 11.8 Å². The van der Waals surface area contributed by atoms with Crippen molar-refractivity contribution < 1.29 is 19.2 Å². The van der Waals surface area contributed by atoms with Crippen LogP contribution in [0.5, 0.6) is 0 Å². The number of thiophene rings is 1. The second kappa shape index (κ2) is 8.89. The van der Waals surface area contributed by atoms with E-state index in [0.717, 1.165) is 57.8 Å². The Morgan fingerprint density at radius 3 is 2.46 bits per heavy atom. The molecule has 3 aliphatic rings. The van der Waals surface area contributed by atoms with Gasteiger partial charge in [-0.05, 0) is 37.1 Å². The zero-order valence-corrected chi connectivity index (χ0v) is 21.3. The van der Waals surface area contributed by atoms with E-state index in [2.05, 4.69) is 38.9 Å². The van der Waals surface area contributed by atoms with Gasteiger partial charge in [-0.1, -0.05) is 6.07 Å². The molecule has 1 N–H and O–H groups in total. The Morgan fingerprint density at radius 2 is 1.70 bits per heavy atom. The number of fused-ring (bicyclic) bond motifs is 2. The average molecular weight is 520 g/mol. The third-order valence-electron chi connectivity index (χ3n) is 7.23. The van der Waals surface area contributed by atoms with E-state index in [-0.39, 0.29) is 24.1 Å². The summed E-state index contributed by atoms with van der Waals surface area (Å²) in [6, 6.07) is 4.47. The van der Waals surface area contributed by atoms with Gasteiger partial charge in [-0.3, -0.25) is 24.6 Å². The van der Waals surface area contributed by atoms with Gasteiger partial charge in [-0.25, -0.2) is 19.8 Å². The number of anilines is 1. The van der Waals surface area contributed by atoms with Gasteiger partial charge in [-0.15, -0.1) is 11.3 Å². The smallest absolute Gasteiger partial charge is 0.343 e. The van der Waals surface area contributed by atoms with E-state index in [1.165, 1.54) is 10.4 Å². The number of hydrogen-bond acceptors (Lipinski definition) is 9. The molecule has 0 atom stereocenters. The third-order valence-corrected chi connectivity index (χ3v) is 8.34. The lowest BCUT2D eigenvalue weighted by Gasteiger charge is -2.35. The van der Waals surface area contributed by atoms with Crippen LogP contribution in [0.25, 0.3) is 10.2 Å². The summed E-state index contributed by atoms with van der Waals surface area (Å²) in [5, 5.41) is 5.13. The van der Waals surface area contributed by atoms with Crippen molar-refractivity contribution in [1.29, 1.82) is 0 Å². The molecule has 0 aliphatic carbocycles. The maximum absolute atomic E-state index is 13.1. The summed E-state index contributed by atoms with van der Waals surface area (Å²) in [7, 11) is 0. The molecule has 11 nitrogen and oxygen atoms in total. The number of amides is 5. The molecule has 190 valence electrons. The Hall–Kier alpha value is -3.90. The lowest BCUT2D eigenvalue weighted by molar-refractivity contribution is -0.122. The van der Waals surface area contributed by atoms with E-state index in [0.29, 0.717) is 6.54 Å². The molecule has 0 saturated carbocycles. The summed E-state index contributed by atoms with van der Waals surface area (Å²) in [5.41, 5.74) is 2.69. The Bertz CT molecular complexity index is 1480. The van der Waals surface area contributed by atoms with E-state index >= 15 is 0 Å². The van der Waals surface area contributed by atoms with Crippen molar-refractivity contribution in [2.75, 3.05) is 37.6 Å². The number of aromatic nitrogens is 2. The molecule has 5 heterocycles. The molecule has 0 spiro atoms. The second-order valence-electron chi connectivity index (χ2n) is 9.45. The molecule has 37 heavy (non-hydrogen) atoms. The van der Waals surface area contributed by atoms with Gasteiger partial charge in [0.2, 0.25) is 5.91 Å². The number of imide groups is 2. The van der Waals surface area contributed by atoms with Crippen LogP contribution in [0, 0.1) is 13.8 Å². The number of nitrogens with zero attached hydrogens (tertiary/aromatic N) is 6. The third kappa shape index (κ3) is 3.92. The molecule has 12 heteroatoms. The lowest BCUT2D eigenvalue weighted by Crippen LogP contribution is -2.58. The van der Waals surface area contributed by atoms with E-state index in [1.807, 2.05) is 6.07 Å². The fourth-order valence-corrected chi connectivity index (χ4v) is 6.11. The minimum absolute atomic E-state index is 0.0175. The molecule has 2 aromatic heterocycles.